The molecule has 1 aromatic carbocycles. The van der Waals surface area contributed by atoms with Crippen molar-refractivity contribution in [3.05, 3.63) is 45.4 Å². The molecule has 9 heteroatoms. The number of sulfonamides is 1. The minimum absolute atomic E-state index is 0.0950. The third-order valence-electron chi connectivity index (χ3n) is 4.69. The molecule has 0 radical (unpaired) electrons. The van der Waals surface area contributed by atoms with Gasteiger partial charge < -0.3 is 5.32 Å². The van der Waals surface area contributed by atoms with Gasteiger partial charge in [-0.3, -0.25) is 4.79 Å². The first-order valence-electron chi connectivity index (χ1n) is 8.68. The molecule has 2 heterocycles. The van der Waals surface area contributed by atoms with Gasteiger partial charge in [0.25, 0.3) is 0 Å². The van der Waals surface area contributed by atoms with E-state index in [-0.39, 0.29) is 11.8 Å². The van der Waals surface area contributed by atoms with Gasteiger partial charge in [-0.1, -0.05) is 23.7 Å². The topological polar surface area (TPSA) is 79.4 Å². The van der Waals surface area contributed by atoms with E-state index in [0.29, 0.717) is 37.5 Å². The molecule has 3 rings (SSSR count). The first-order chi connectivity index (χ1) is 12.7. The first-order valence-corrected chi connectivity index (χ1v) is 11.7. The molecule has 0 spiro atoms. The molecule has 2 aromatic rings. The lowest BCUT2D eigenvalue weighted by atomic mass is 9.97. The highest BCUT2D eigenvalue weighted by molar-refractivity contribution is 7.88. The molecule has 0 bridgehead atoms. The molecule has 0 aliphatic carbocycles. The van der Waals surface area contributed by atoms with Gasteiger partial charge in [-0.15, -0.1) is 11.3 Å². The summed E-state index contributed by atoms with van der Waals surface area (Å²) in [6, 6.07) is 5.98. The third kappa shape index (κ3) is 5.28. The Morgan fingerprint density at radius 3 is 2.70 bits per heavy atom. The van der Waals surface area contributed by atoms with E-state index in [1.54, 1.807) is 6.20 Å². The monoisotopic (exact) mass is 427 g/mol. The molecule has 1 fully saturated rings. The van der Waals surface area contributed by atoms with Crippen molar-refractivity contribution in [1.29, 1.82) is 0 Å². The number of piperidine rings is 1. The van der Waals surface area contributed by atoms with Gasteiger partial charge in [0.05, 0.1) is 6.26 Å². The number of aryl methyl sites for hydroxylation is 1. The summed E-state index contributed by atoms with van der Waals surface area (Å²) in [7, 11) is -3.18. The van der Waals surface area contributed by atoms with Crippen LogP contribution in [0.4, 0.5) is 5.13 Å². The van der Waals surface area contributed by atoms with Gasteiger partial charge in [0.1, 0.15) is 0 Å². The Hall–Kier alpha value is -1.48. The van der Waals surface area contributed by atoms with Crippen molar-refractivity contribution in [2.45, 2.75) is 26.2 Å². The lowest BCUT2D eigenvalue weighted by Crippen LogP contribution is -2.40. The molecule has 1 aromatic heterocycles. The summed E-state index contributed by atoms with van der Waals surface area (Å²) in [5.74, 6) is -0.284. The minimum Gasteiger partial charge on any atom is -0.302 e. The van der Waals surface area contributed by atoms with Crippen LogP contribution in [0.1, 0.15) is 28.8 Å². The summed E-state index contributed by atoms with van der Waals surface area (Å²) in [4.78, 5) is 17.8. The third-order valence-corrected chi connectivity index (χ3v) is 7.32. The highest BCUT2D eigenvalue weighted by Gasteiger charge is 2.29. The quantitative estimate of drug-likeness (QED) is 0.793. The van der Waals surface area contributed by atoms with E-state index in [9.17, 15) is 13.2 Å². The predicted octanol–water partition coefficient (Wildman–Crippen LogP) is 3.31. The number of benzene rings is 1. The molecular weight excluding hydrogens is 406 g/mol. The molecular formula is C18H22ClN3O3S2. The second-order valence-electron chi connectivity index (χ2n) is 6.82. The van der Waals surface area contributed by atoms with Crippen molar-refractivity contribution in [3.63, 3.8) is 0 Å². The number of nitrogens with one attached hydrogen (secondary N) is 1. The number of hydrogen-bond acceptors (Lipinski definition) is 5. The number of thiazole rings is 1. The molecule has 1 aliphatic heterocycles. The van der Waals surface area contributed by atoms with E-state index in [0.717, 1.165) is 21.0 Å². The molecule has 0 atom stereocenters. The molecule has 6 nitrogen and oxygen atoms in total. The Morgan fingerprint density at radius 2 is 2.07 bits per heavy atom. The smallest absolute Gasteiger partial charge is 0.229 e. The number of halogens is 1. The lowest BCUT2D eigenvalue weighted by Gasteiger charge is -2.29. The molecule has 1 N–H and O–H groups in total. The van der Waals surface area contributed by atoms with Crippen LogP contribution in [0, 0.1) is 12.8 Å². The van der Waals surface area contributed by atoms with Crippen LogP contribution in [-0.2, 0) is 21.2 Å². The molecule has 1 saturated heterocycles. The van der Waals surface area contributed by atoms with Crippen molar-refractivity contribution in [3.8, 4) is 0 Å². The number of carbonyl (C=O) groups excluding carboxylic acids is 1. The highest BCUT2D eigenvalue weighted by Crippen LogP contribution is 2.26. The van der Waals surface area contributed by atoms with Gasteiger partial charge in [0, 0.05) is 41.5 Å². The van der Waals surface area contributed by atoms with Gasteiger partial charge in [-0.25, -0.2) is 17.7 Å². The van der Waals surface area contributed by atoms with Crippen LogP contribution in [0.25, 0.3) is 0 Å². The maximum absolute atomic E-state index is 12.4. The van der Waals surface area contributed by atoms with Crippen LogP contribution < -0.4 is 5.32 Å². The minimum atomic E-state index is -3.18. The van der Waals surface area contributed by atoms with Crippen molar-refractivity contribution in [2.24, 2.45) is 5.92 Å². The number of amides is 1. The summed E-state index contributed by atoms with van der Waals surface area (Å²) in [5, 5.41) is 4.18. The van der Waals surface area contributed by atoms with Crippen molar-refractivity contribution in [1.82, 2.24) is 9.29 Å². The summed E-state index contributed by atoms with van der Waals surface area (Å²) in [6.07, 6.45) is 4.73. The summed E-state index contributed by atoms with van der Waals surface area (Å²) >= 11 is 7.61. The van der Waals surface area contributed by atoms with E-state index >= 15 is 0 Å². The van der Waals surface area contributed by atoms with Gasteiger partial charge in [0.2, 0.25) is 15.9 Å². The van der Waals surface area contributed by atoms with Crippen LogP contribution in [-0.4, -0.2) is 43.0 Å². The van der Waals surface area contributed by atoms with E-state index in [2.05, 4.69) is 10.3 Å². The van der Waals surface area contributed by atoms with Gasteiger partial charge in [-0.2, -0.15) is 0 Å². The zero-order valence-corrected chi connectivity index (χ0v) is 17.6. The molecule has 1 amide bonds. The SMILES string of the molecule is Cc1ccc(Cc2cnc(NC(=O)C3CCN(S(C)(=O)=O)CC3)s2)cc1Cl. The van der Waals surface area contributed by atoms with Crippen LogP contribution in [0.3, 0.4) is 0 Å². The van der Waals surface area contributed by atoms with Gasteiger partial charge >= 0.3 is 0 Å². The second-order valence-corrected chi connectivity index (χ2v) is 10.3. The zero-order chi connectivity index (χ0) is 19.6. The normalized spacial score (nSPS) is 16.4. The summed E-state index contributed by atoms with van der Waals surface area (Å²) in [6.45, 7) is 2.73. The Morgan fingerprint density at radius 1 is 1.37 bits per heavy atom. The maximum atomic E-state index is 12.4. The summed E-state index contributed by atoms with van der Waals surface area (Å²) < 4.78 is 24.5. The van der Waals surface area contributed by atoms with Crippen molar-refractivity contribution < 1.29 is 13.2 Å². The number of aromatic nitrogens is 1. The molecule has 27 heavy (non-hydrogen) atoms. The summed E-state index contributed by atoms with van der Waals surface area (Å²) in [5.41, 5.74) is 2.14. The van der Waals surface area contributed by atoms with E-state index in [1.807, 2.05) is 25.1 Å². The fourth-order valence-corrected chi connectivity index (χ4v) is 4.98. The lowest BCUT2D eigenvalue weighted by molar-refractivity contribution is -0.120. The van der Waals surface area contributed by atoms with Crippen molar-refractivity contribution in [2.75, 3.05) is 24.7 Å². The Labute approximate surface area is 168 Å². The number of anilines is 1. The first kappa shape index (κ1) is 20.3. The Kier molecular flexibility index (Phi) is 6.20. The Bertz CT molecular complexity index is 935. The predicted molar refractivity (Wildman–Crippen MR) is 109 cm³/mol. The van der Waals surface area contributed by atoms with Crippen molar-refractivity contribution >= 4 is 44.0 Å². The largest absolute Gasteiger partial charge is 0.302 e. The van der Waals surface area contributed by atoms with Crippen LogP contribution in [0.15, 0.2) is 24.4 Å². The van der Waals surface area contributed by atoms with Crippen LogP contribution in [0.5, 0.6) is 0 Å². The molecule has 0 saturated carbocycles. The Balaban J connectivity index is 1.56. The van der Waals surface area contributed by atoms with Gasteiger partial charge in [0.15, 0.2) is 5.13 Å². The fourth-order valence-electron chi connectivity index (χ4n) is 3.05. The van der Waals surface area contributed by atoms with Crippen LogP contribution >= 0.6 is 22.9 Å². The molecule has 0 unspecified atom stereocenters. The van der Waals surface area contributed by atoms with E-state index in [1.165, 1.54) is 21.9 Å². The number of hydrogen-bond donors (Lipinski definition) is 1. The number of carbonyl (C=O) groups is 1. The average Bonchev–Trinajstić information content (AvgIpc) is 3.04. The molecule has 146 valence electrons. The highest BCUT2D eigenvalue weighted by atomic mass is 35.5. The van der Waals surface area contributed by atoms with Gasteiger partial charge in [-0.05, 0) is 37.0 Å². The number of rotatable bonds is 5. The van der Waals surface area contributed by atoms with Crippen LogP contribution in [0.2, 0.25) is 5.02 Å². The average molecular weight is 428 g/mol. The van der Waals surface area contributed by atoms with E-state index < -0.39 is 10.0 Å². The number of nitrogens with zero attached hydrogens (tertiary/aromatic N) is 2. The standard InChI is InChI=1S/C18H22ClN3O3S2/c1-12-3-4-13(10-16(12)19)9-15-11-20-18(26-15)21-17(23)14-5-7-22(8-6-14)27(2,24)25/h3-4,10-11,14H,5-9H2,1-2H3,(H,20,21,23). The maximum Gasteiger partial charge on any atom is 0.229 e. The fraction of sp³-hybridized carbons (Fsp3) is 0.444. The second kappa shape index (κ2) is 8.26. The molecule has 1 aliphatic rings. The zero-order valence-electron chi connectivity index (χ0n) is 15.2. The van der Waals surface area contributed by atoms with E-state index in [4.69, 9.17) is 11.6 Å².